The van der Waals surface area contributed by atoms with Gasteiger partial charge in [0, 0.05) is 11.8 Å². The van der Waals surface area contributed by atoms with Crippen LogP contribution >= 0.6 is 12.2 Å². The fraction of sp³-hybridized carbons (Fsp3) is 0. The number of rotatable bonds is 1. The van der Waals surface area contributed by atoms with Crippen molar-refractivity contribution in [3.8, 4) is 11.1 Å². The summed E-state index contributed by atoms with van der Waals surface area (Å²) in [6, 6.07) is 7.60. The molecule has 0 aliphatic carbocycles. The number of thiocarbonyl (C=S) groups is 1. The van der Waals surface area contributed by atoms with E-state index in [9.17, 15) is 9.18 Å². The molecule has 9 heteroatoms. The van der Waals surface area contributed by atoms with Crippen molar-refractivity contribution in [3.63, 3.8) is 0 Å². The van der Waals surface area contributed by atoms with Gasteiger partial charge in [-0.15, -0.1) is 10.2 Å². The highest BCUT2D eigenvalue weighted by atomic mass is 32.1. The van der Waals surface area contributed by atoms with Crippen molar-refractivity contribution in [2.24, 2.45) is 5.73 Å². The first-order chi connectivity index (χ1) is 11.6. The molecule has 0 unspecified atom stereocenters. The van der Waals surface area contributed by atoms with Gasteiger partial charge in [-0.25, -0.2) is 8.91 Å². The molecule has 0 spiro atoms. The highest BCUT2D eigenvalue weighted by Crippen LogP contribution is 2.24. The number of hydrogen-bond acceptors (Lipinski definition) is 5. The average Bonchev–Trinajstić information content (AvgIpc) is 3.00. The molecule has 7 nitrogen and oxygen atoms in total. The van der Waals surface area contributed by atoms with E-state index in [1.807, 2.05) is 0 Å². The molecule has 4 aromatic rings. The van der Waals surface area contributed by atoms with Crippen molar-refractivity contribution in [2.75, 3.05) is 0 Å². The second kappa shape index (κ2) is 5.17. The number of benzene rings is 1. The maximum atomic E-state index is 13.1. The Morgan fingerprint density at radius 3 is 2.62 bits per heavy atom. The lowest BCUT2D eigenvalue weighted by molar-refractivity contribution is 0.628. The highest BCUT2D eigenvalue weighted by molar-refractivity contribution is 7.80. The van der Waals surface area contributed by atoms with Crippen LogP contribution in [-0.2, 0) is 0 Å². The van der Waals surface area contributed by atoms with Crippen LogP contribution in [0.5, 0.6) is 0 Å². The van der Waals surface area contributed by atoms with Gasteiger partial charge in [-0.3, -0.25) is 9.36 Å². The van der Waals surface area contributed by atoms with E-state index in [0.717, 1.165) is 10.1 Å². The summed E-state index contributed by atoms with van der Waals surface area (Å²) in [7, 11) is 0. The molecule has 1 aromatic carbocycles. The van der Waals surface area contributed by atoms with Gasteiger partial charge in [0.15, 0.2) is 16.3 Å². The zero-order chi connectivity index (χ0) is 16.8. The molecule has 3 heterocycles. The summed E-state index contributed by atoms with van der Waals surface area (Å²) in [5, 5.41) is 12.3. The molecule has 3 aromatic heterocycles. The van der Waals surface area contributed by atoms with Crippen LogP contribution in [0.15, 0.2) is 47.5 Å². The van der Waals surface area contributed by atoms with Crippen LogP contribution in [0.2, 0.25) is 0 Å². The van der Waals surface area contributed by atoms with E-state index in [-0.39, 0.29) is 16.4 Å². The maximum Gasteiger partial charge on any atom is 0.286 e. The third kappa shape index (κ3) is 2.06. The summed E-state index contributed by atoms with van der Waals surface area (Å²) in [4.78, 5) is 12.3. The Morgan fingerprint density at radius 2 is 1.92 bits per heavy atom. The molecule has 0 saturated heterocycles. The van der Waals surface area contributed by atoms with Crippen LogP contribution in [0.1, 0.15) is 0 Å². The van der Waals surface area contributed by atoms with Crippen LogP contribution in [0.25, 0.3) is 27.8 Å². The zero-order valence-electron chi connectivity index (χ0n) is 12.0. The molecule has 0 saturated carbocycles. The molecule has 0 amide bonds. The Kier molecular flexibility index (Phi) is 3.10. The van der Waals surface area contributed by atoms with Crippen molar-refractivity contribution >= 4 is 34.0 Å². The minimum Gasteiger partial charge on any atom is -0.376 e. The Hall–Kier alpha value is -3.20. The van der Waals surface area contributed by atoms with Crippen LogP contribution in [-0.4, -0.2) is 29.5 Å². The van der Waals surface area contributed by atoms with E-state index in [1.54, 1.807) is 24.4 Å². The molecule has 2 N–H and O–H groups in total. The third-order valence-corrected chi connectivity index (χ3v) is 3.85. The molecule has 0 aliphatic heterocycles. The van der Waals surface area contributed by atoms with E-state index in [4.69, 9.17) is 18.0 Å². The van der Waals surface area contributed by atoms with Crippen molar-refractivity contribution in [2.45, 2.75) is 0 Å². The molecular weight excluding hydrogens is 331 g/mol. The van der Waals surface area contributed by atoms with E-state index in [2.05, 4.69) is 15.3 Å². The van der Waals surface area contributed by atoms with E-state index >= 15 is 0 Å². The minimum atomic E-state index is -0.465. The monoisotopic (exact) mass is 340 g/mol. The van der Waals surface area contributed by atoms with Crippen LogP contribution in [0.4, 0.5) is 4.39 Å². The van der Waals surface area contributed by atoms with Crippen LogP contribution in [0.3, 0.4) is 0 Å². The topological polar surface area (TPSA) is 91.1 Å². The van der Waals surface area contributed by atoms with Gasteiger partial charge in [-0.05, 0) is 36.0 Å². The van der Waals surface area contributed by atoms with Gasteiger partial charge in [-0.2, -0.15) is 5.10 Å². The molecule has 0 bridgehead atoms. The molecule has 0 atom stereocenters. The fourth-order valence-electron chi connectivity index (χ4n) is 2.50. The van der Waals surface area contributed by atoms with Crippen LogP contribution in [0, 0.1) is 5.82 Å². The Labute approximate surface area is 139 Å². The molecule has 4 rings (SSSR count). The smallest absolute Gasteiger partial charge is 0.286 e. The Balaban J connectivity index is 2.01. The first kappa shape index (κ1) is 14.4. The molecule has 0 fully saturated rings. The number of nitrogens with two attached hydrogens (primary N) is 1. The van der Waals surface area contributed by atoms with Crippen molar-refractivity contribution in [3.05, 3.63) is 58.9 Å². The molecule has 24 heavy (non-hydrogen) atoms. The van der Waals surface area contributed by atoms with Gasteiger partial charge in [0.2, 0.25) is 0 Å². The number of aromatic nitrogens is 5. The lowest BCUT2D eigenvalue weighted by Crippen LogP contribution is -2.31. The number of halogens is 1. The normalized spacial score (nSPS) is 11.2. The maximum absolute atomic E-state index is 13.1. The van der Waals surface area contributed by atoms with Crippen LogP contribution < -0.4 is 11.3 Å². The predicted molar refractivity (Wildman–Crippen MR) is 90.1 cm³/mol. The fourth-order valence-corrected chi connectivity index (χ4v) is 2.64. The second-order valence-electron chi connectivity index (χ2n) is 5.06. The summed E-state index contributed by atoms with van der Waals surface area (Å²) in [6.07, 6.45) is 3.06. The predicted octanol–water partition coefficient (Wildman–Crippen LogP) is 1.34. The van der Waals surface area contributed by atoms with Gasteiger partial charge in [-0.1, -0.05) is 12.1 Å². The van der Waals surface area contributed by atoms with Crippen molar-refractivity contribution in [1.29, 1.82) is 0 Å². The summed E-state index contributed by atoms with van der Waals surface area (Å²) in [5.74, 6) is -0.329. The Morgan fingerprint density at radius 1 is 1.17 bits per heavy atom. The molecule has 118 valence electrons. The SMILES string of the molecule is NC(=S)n1ccc2c(nnc3c(-c4ccc(F)cc4)cnn32)c1=O. The lowest BCUT2D eigenvalue weighted by atomic mass is 10.1. The van der Waals surface area contributed by atoms with Gasteiger partial charge >= 0.3 is 0 Å². The van der Waals surface area contributed by atoms with Gasteiger partial charge in [0.05, 0.1) is 6.20 Å². The first-order valence-electron chi connectivity index (χ1n) is 6.88. The average molecular weight is 340 g/mol. The molecular formula is C15H9FN6OS. The molecule has 0 radical (unpaired) electrons. The lowest BCUT2D eigenvalue weighted by Gasteiger charge is -2.05. The number of hydrogen-bond donors (Lipinski definition) is 1. The van der Waals surface area contributed by atoms with E-state index in [0.29, 0.717) is 16.7 Å². The molecule has 0 aliphatic rings. The first-order valence-corrected chi connectivity index (χ1v) is 7.28. The standard InChI is InChI=1S/C15H9FN6OS/c16-9-3-1-8(2-4-9)10-7-18-22-11-5-6-21(15(17)24)14(23)12(11)19-20-13(10)22/h1-7H,(H2,17,24). The Bertz CT molecular complexity index is 1160. The summed E-state index contributed by atoms with van der Waals surface area (Å²) in [6.45, 7) is 0. The van der Waals surface area contributed by atoms with Crippen molar-refractivity contribution in [1.82, 2.24) is 24.4 Å². The minimum absolute atomic E-state index is 0.0729. The third-order valence-electron chi connectivity index (χ3n) is 3.65. The largest absolute Gasteiger partial charge is 0.376 e. The summed E-state index contributed by atoms with van der Waals surface area (Å²) in [5.41, 5.74) is 7.51. The van der Waals surface area contributed by atoms with Gasteiger partial charge in [0.25, 0.3) is 5.56 Å². The zero-order valence-corrected chi connectivity index (χ0v) is 12.9. The second-order valence-corrected chi connectivity index (χ2v) is 5.48. The highest BCUT2D eigenvalue weighted by Gasteiger charge is 2.14. The number of nitrogens with zero attached hydrogens (tertiary/aromatic N) is 5. The van der Waals surface area contributed by atoms with Gasteiger partial charge < -0.3 is 5.73 Å². The van der Waals surface area contributed by atoms with Crippen molar-refractivity contribution < 1.29 is 4.39 Å². The van der Waals surface area contributed by atoms with E-state index in [1.165, 1.54) is 22.8 Å². The quantitative estimate of drug-likeness (QED) is 0.526. The summed E-state index contributed by atoms with van der Waals surface area (Å²) >= 11 is 4.83. The number of fused-ring (bicyclic) bond motifs is 3. The summed E-state index contributed by atoms with van der Waals surface area (Å²) < 4.78 is 15.7. The van der Waals surface area contributed by atoms with Gasteiger partial charge in [0.1, 0.15) is 11.3 Å². The van der Waals surface area contributed by atoms with E-state index < -0.39 is 5.56 Å². The number of pyridine rings is 1.